The topological polar surface area (TPSA) is 66.8 Å². The second-order valence-corrected chi connectivity index (χ2v) is 9.78. The maximum atomic E-state index is 13.3. The predicted molar refractivity (Wildman–Crippen MR) is 116 cm³/mol. The minimum atomic E-state index is -4.10. The van der Waals surface area contributed by atoms with Gasteiger partial charge in [0.2, 0.25) is 0 Å². The molecule has 4 rings (SSSR count). The largest absolute Gasteiger partial charge is 0.291 e. The lowest BCUT2D eigenvalue weighted by Gasteiger charge is -2.24. The van der Waals surface area contributed by atoms with E-state index in [2.05, 4.69) is 5.10 Å². The van der Waals surface area contributed by atoms with Gasteiger partial charge in [-0.25, -0.2) is 4.21 Å². The summed E-state index contributed by atoms with van der Waals surface area (Å²) in [6.07, 6.45) is 1.68. The molecule has 0 spiro atoms. The summed E-state index contributed by atoms with van der Waals surface area (Å²) in [7, 11) is -6.12. The summed E-state index contributed by atoms with van der Waals surface area (Å²) in [6, 6.07) is 24.7. The first-order chi connectivity index (χ1) is 14.0. The maximum Gasteiger partial charge on any atom is 0.291 e. The lowest BCUT2D eigenvalue weighted by atomic mass is 10.1. The molecular weight excluding hydrogens is 404 g/mol. The molecule has 0 aromatic heterocycles. The molecular formula is C22H18N2O3S2. The summed E-state index contributed by atoms with van der Waals surface area (Å²) >= 11 is 0. The summed E-state index contributed by atoms with van der Waals surface area (Å²) in [4.78, 5) is 0.428. The average Bonchev–Trinajstić information content (AvgIpc) is 2.75. The van der Waals surface area contributed by atoms with Crippen LogP contribution in [-0.4, -0.2) is 22.2 Å². The molecule has 0 unspecified atom stereocenters. The van der Waals surface area contributed by atoms with Gasteiger partial charge in [-0.15, -0.1) is 5.10 Å². The Bertz CT molecular complexity index is 1220. The van der Waals surface area contributed by atoms with Crippen LogP contribution in [0.25, 0.3) is 4.91 Å². The third-order valence-corrected chi connectivity index (χ3v) is 7.89. The highest BCUT2D eigenvalue weighted by Gasteiger charge is 2.34. The molecule has 0 saturated carbocycles. The molecule has 3 aromatic rings. The monoisotopic (exact) mass is 422 g/mol. The highest BCUT2D eigenvalue weighted by Crippen LogP contribution is 2.31. The van der Waals surface area contributed by atoms with E-state index in [0.717, 1.165) is 11.1 Å². The van der Waals surface area contributed by atoms with Crippen molar-refractivity contribution in [1.29, 1.82) is 0 Å². The Labute approximate surface area is 172 Å². The molecule has 0 radical (unpaired) electrons. The van der Waals surface area contributed by atoms with Crippen LogP contribution in [0.5, 0.6) is 0 Å². The molecule has 0 fully saturated rings. The molecule has 0 N–H and O–H groups in total. The van der Waals surface area contributed by atoms with Crippen molar-refractivity contribution in [3.8, 4) is 0 Å². The number of hydrogen-bond donors (Lipinski definition) is 0. The van der Waals surface area contributed by atoms with Crippen LogP contribution in [-0.2, 0) is 21.0 Å². The molecule has 0 saturated heterocycles. The second-order valence-electron chi connectivity index (χ2n) is 6.50. The van der Waals surface area contributed by atoms with E-state index in [-0.39, 0.29) is 4.90 Å². The van der Waals surface area contributed by atoms with Crippen molar-refractivity contribution in [2.75, 3.05) is 0 Å². The molecule has 29 heavy (non-hydrogen) atoms. The molecule has 1 heterocycles. The highest BCUT2D eigenvalue weighted by atomic mass is 32.3. The first-order valence-electron chi connectivity index (χ1n) is 8.92. The van der Waals surface area contributed by atoms with Crippen molar-refractivity contribution in [3.05, 3.63) is 108 Å². The molecule has 5 nitrogen and oxygen atoms in total. The molecule has 146 valence electrons. The molecule has 0 amide bonds. The zero-order valence-corrected chi connectivity index (χ0v) is 17.2. The minimum absolute atomic E-state index is 0.0434. The van der Waals surface area contributed by atoms with Gasteiger partial charge in [0.1, 0.15) is 0 Å². The fourth-order valence-corrected chi connectivity index (χ4v) is 5.84. The van der Waals surface area contributed by atoms with E-state index in [1.165, 1.54) is 12.1 Å². The molecule has 0 bridgehead atoms. The Morgan fingerprint density at radius 3 is 1.93 bits per heavy atom. The van der Waals surface area contributed by atoms with Crippen molar-refractivity contribution in [1.82, 2.24) is 3.82 Å². The van der Waals surface area contributed by atoms with Crippen LogP contribution in [0.2, 0.25) is 0 Å². The summed E-state index contributed by atoms with van der Waals surface area (Å²) < 4.78 is 40.5. The zero-order chi connectivity index (χ0) is 20.4. The van der Waals surface area contributed by atoms with E-state index in [4.69, 9.17) is 0 Å². The Morgan fingerprint density at radius 2 is 1.34 bits per heavy atom. The van der Waals surface area contributed by atoms with E-state index in [9.17, 15) is 12.6 Å². The second kappa shape index (κ2) is 7.77. The Balaban J connectivity index is 1.87. The van der Waals surface area contributed by atoms with E-state index < -0.39 is 21.0 Å². The Hall–Kier alpha value is -3.03. The lowest BCUT2D eigenvalue weighted by Crippen LogP contribution is -2.32. The van der Waals surface area contributed by atoms with Gasteiger partial charge < -0.3 is 0 Å². The van der Waals surface area contributed by atoms with Crippen LogP contribution in [0.1, 0.15) is 16.7 Å². The van der Waals surface area contributed by atoms with Crippen molar-refractivity contribution in [2.24, 2.45) is 5.10 Å². The number of benzene rings is 3. The number of hydrazone groups is 1. The fraction of sp³-hybridized carbons (Fsp3) is 0.0455. The summed E-state index contributed by atoms with van der Waals surface area (Å²) in [5.74, 6) is 0. The predicted octanol–water partition coefficient (Wildman–Crippen LogP) is 4.11. The molecule has 1 atom stereocenters. The van der Waals surface area contributed by atoms with Gasteiger partial charge in [0.25, 0.3) is 10.0 Å². The zero-order valence-electron chi connectivity index (χ0n) is 15.6. The van der Waals surface area contributed by atoms with Crippen molar-refractivity contribution < 1.29 is 12.6 Å². The number of nitrogens with zero attached hydrogens (tertiary/aromatic N) is 2. The van der Waals surface area contributed by atoms with Gasteiger partial charge in [-0.1, -0.05) is 82.2 Å². The van der Waals surface area contributed by atoms with Crippen LogP contribution >= 0.6 is 0 Å². The summed E-state index contributed by atoms with van der Waals surface area (Å²) in [6.45, 7) is 1.87. The Kier molecular flexibility index (Phi) is 5.17. The third kappa shape index (κ3) is 3.79. The van der Waals surface area contributed by atoms with Gasteiger partial charge in [0.05, 0.1) is 15.5 Å². The molecule has 0 aliphatic carbocycles. The van der Waals surface area contributed by atoms with E-state index in [1.807, 2.05) is 55.5 Å². The molecule has 1 aliphatic rings. The first kappa shape index (κ1) is 19.3. The number of allylic oxidation sites excluding steroid dienone is 1. The van der Waals surface area contributed by atoms with Crippen LogP contribution in [0.4, 0.5) is 0 Å². The van der Waals surface area contributed by atoms with Gasteiger partial charge in [-0.05, 0) is 30.7 Å². The molecule has 1 aliphatic heterocycles. The lowest BCUT2D eigenvalue weighted by molar-refractivity contribution is 0.541. The maximum absolute atomic E-state index is 13.3. The quantitative estimate of drug-likeness (QED) is 0.636. The fourth-order valence-electron chi connectivity index (χ4n) is 2.89. The van der Waals surface area contributed by atoms with Crippen LogP contribution in [0, 0.1) is 6.92 Å². The average molecular weight is 423 g/mol. The van der Waals surface area contributed by atoms with Gasteiger partial charge in [-0.3, -0.25) is 0 Å². The van der Waals surface area contributed by atoms with Gasteiger partial charge in [0.15, 0.2) is 11.0 Å². The van der Waals surface area contributed by atoms with Crippen LogP contribution in [0.3, 0.4) is 0 Å². The third-order valence-electron chi connectivity index (χ3n) is 4.44. The number of aryl methyl sites for hydroxylation is 1. The summed E-state index contributed by atoms with van der Waals surface area (Å²) in [5.41, 5.74) is 2.78. The minimum Gasteiger partial charge on any atom is -0.229 e. The van der Waals surface area contributed by atoms with Gasteiger partial charge >= 0.3 is 0 Å². The number of hydrogen-bond acceptors (Lipinski definition) is 4. The molecule has 3 aromatic carbocycles. The van der Waals surface area contributed by atoms with Crippen molar-refractivity contribution >= 4 is 31.6 Å². The van der Waals surface area contributed by atoms with Crippen LogP contribution in [0.15, 0.2) is 101 Å². The standard InChI is InChI=1S/C22H18N2O3S2/c1-17-12-14-20(15-13-17)29(26,27)24-23-21(18-8-4-2-5-9-18)16-22(28(24)25)19-10-6-3-7-11-19/h2-16H,1H3/t28-/m0/s1. The van der Waals surface area contributed by atoms with Gasteiger partial charge in [0, 0.05) is 5.56 Å². The number of sulfonamides is 1. The van der Waals surface area contributed by atoms with Crippen molar-refractivity contribution in [3.63, 3.8) is 0 Å². The van der Waals surface area contributed by atoms with Crippen molar-refractivity contribution in [2.45, 2.75) is 11.8 Å². The highest BCUT2D eigenvalue weighted by molar-refractivity contribution is 8.05. The SMILES string of the molecule is Cc1ccc(S(=O)(=O)N2N=C(c3ccccc3)C=C(c3ccccc3)[S@@]2=O)cc1. The van der Waals surface area contributed by atoms with Gasteiger partial charge in [-0.2, -0.15) is 8.42 Å². The van der Waals surface area contributed by atoms with E-state index in [0.29, 0.717) is 20.0 Å². The smallest absolute Gasteiger partial charge is 0.229 e. The molecule has 7 heteroatoms. The first-order valence-corrected chi connectivity index (χ1v) is 11.5. The number of rotatable bonds is 4. The van der Waals surface area contributed by atoms with Crippen LogP contribution < -0.4 is 0 Å². The normalized spacial score (nSPS) is 16.9. The van der Waals surface area contributed by atoms with E-state index in [1.54, 1.807) is 30.3 Å². The summed E-state index contributed by atoms with van der Waals surface area (Å²) in [5, 5.41) is 4.26. The van der Waals surface area contributed by atoms with E-state index >= 15 is 0 Å². The Morgan fingerprint density at radius 1 is 0.793 bits per heavy atom.